The van der Waals surface area contributed by atoms with Crippen LogP contribution in [0.15, 0.2) is 40.9 Å². The average molecular weight is 341 g/mol. The van der Waals surface area contributed by atoms with E-state index in [0.717, 1.165) is 16.1 Å². The predicted molar refractivity (Wildman–Crippen MR) is 75.9 cm³/mol. The van der Waals surface area contributed by atoms with Gasteiger partial charge in [-0.15, -0.1) is 0 Å². The van der Waals surface area contributed by atoms with Crippen molar-refractivity contribution in [2.24, 2.45) is 0 Å². The minimum absolute atomic E-state index is 0.328. The number of hydrogen-bond acceptors (Lipinski definition) is 3. The van der Waals surface area contributed by atoms with Crippen LogP contribution < -0.4 is 5.32 Å². The van der Waals surface area contributed by atoms with Gasteiger partial charge >= 0.3 is 12.0 Å². The molecule has 0 heterocycles. The predicted octanol–water partition coefficient (Wildman–Crippen LogP) is 1.76. The molecule has 0 aromatic heterocycles. The molecule has 0 aliphatic carbocycles. The number of nitrogens with one attached hydrogen (secondary N) is 1. The molecule has 2 N–H and O–H groups in total. The maximum absolute atomic E-state index is 11.7. The zero-order valence-corrected chi connectivity index (χ0v) is 12.3. The fraction of sp³-hybridized carbons (Fsp3) is 0.154. The standard InChI is InChI=1S/C13H13BrN2O4/c1-16(8-9-2-4-10(14)5-3-9)13(20)15-11(17)6-7-12(18)19/h2-7H,8H2,1H3,(H,18,19)(H,15,17,20). The Morgan fingerprint density at radius 2 is 1.85 bits per heavy atom. The second-order valence-corrected chi connectivity index (χ2v) is 4.86. The van der Waals surface area contributed by atoms with Gasteiger partial charge in [-0.25, -0.2) is 9.59 Å². The van der Waals surface area contributed by atoms with Crippen LogP contribution in [0.3, 0.4) is 0 Å². The van der Waals surface area contributed by atoms with Gasteiger partial charge < -0.3 is 10.0 Å². The van der Waals surface area contributed by atoms with Crippen molar-refractivity contribution in [3.8, 4) is 0 Å². The number of carbonyl (C=O) groups is 3. The lowest BCUT2D eigenvalue weighted by molar-refractivity contribution is -0.131. The molecule has 0 unspecified atom stereocenters. The van der Waals surface area contributed by atoms with E-state index in [2.05, 4.69) is 21.2 Å². The first kappa shape index (κ1) is 15.9. The molecule has 0 fully saturated rings. The molecule has 0 aliphatic heterocycles. The lowest BCUT2D eigenvalue weighted by atomic mass is 10.2. The van der Waals surface area contributed by atoms with Crippen LogP contribution in [-0.4, -0.2) is 35.0 Å². The second-order valence-electron chi connectivity index (χ2n) is 3.95. The highest BCUT2D eigenvalue weighted by atomic mass is 79.9. The third kappa shape index (κ3) is 5.66. The highest BCUT2D eigenvalue weighted by Crippen LogP contribution is 2.11. The van der Waals surface area contributed by atoms with Gasteiger partial charge in [-0.1, -0.05) is 28.1 Å². The Labute approximate surface area is 124 Å². The summed E-state index contributed by atoms with van der Waals surface area (Å²) in [5.74, 6) is -2.03. The summed E-state index contributed by atoms with van der Waals surface area (Å²) in [4.78, 5) is 34.5. The summed E-state index contributed by atoms with van der Waals surface area (Å²) in [6, 6.07) is 6.79. The number of imide groups is 1. The zero-order valence-electron chi connectivity index (χ0n) is 10.7. The highest BCUT2D eigenvalue weighted by molar-refractivity contribution is 9.10. The summed E-state index contributed by atoms with van der Waals surface area (Å²) in [5, 5.41) is 10.4. The summed E-state index contributed by atoms with van der Waals surface area (Å²) in [5.41, 5.74) is 0.902. The number of carboxylic acids is 1. The fourth-order valence-corrected chi connectivity index (χ4v) is 1.59. The molecule has 20 heavy (non-hydrogen) atoms. The van der Waals surface area contributed by atoms with Crippen LogP contribution in [0, 0.1) is 0 Å². The SMILES string of the molecule is CN(Cc1ccc(Br)cc1)C(=O)NC(=O)C=CC(=O)O. The first-order chi connectivity index (χ1) is 9.38. The number of aliphatic carboxylic acids is 1. The number of hydrogen-bond donors (Lipinski definition) is 2. The number of rotatable bonds is 4. The molecule has 3 amide bonds. The number of urea groups is 1. The number of carboxylic acid groups (broad SMARTS) is 1. The molecule has 0 atom stereocenters. The van der Waals surface area contributed by atoms with Gasteiger partial charge in [0, 0.05) is 30.2 Å². The summed E-state index contributed by atoms with van der Waals surface area (Å²) in [7, 11) is 1.53. The number of carbonyl (C=O) groups excluding carboxylic acids is 2. The molecule has 0 aliphatic rings. The largest absolute Gasteiger partial charge is 0.478 e. The summed E-state index contributed by atoms with van der Waals surface area (Å²) < 4.78 is 0.933. The van der Waals surface area contributed by atoms with Gasteiger partial charge in [0.25, 0.3) is 5.91 Å². The van der Waals surface area contributed by atoms with Gasteiger partial charge in [-0.3, -0.25) is 10.1 Å². The Balaban J connectivity index is 2.52. The van der Waals surface area contributed by atoms with Gasteiger partial charge in [0.15, 0.2) is 0 Å². The van der Waals surface area contributed by atoms with Crippen molar-refractivity contribution in [3.05, 3.63) is 46.5 Å². The maximum atomic E-state index is 11.7. The summed E-state index contributed by atoms with van der Waals surface area (Å²) in [6.45, 7) is 0.328. The number of benzene rings is 1. The van der Waals surface area contributed by atoms with E-state index < -0.39 is 17.9 Å². The highest BCUT2D eigenvalue weighted by Gasteiger charge is 2.11. The van der Waals surface area contributed by atoms with Crippen molar-refractivity contribution < 1.29 is 19.5 Å². The van der Waals surface area contributed by atoms with E-state index in [0.29, 0.717) is 12.6 Å². The normalized spacial score (nSPS) is 10.3. The maximum Gasteiger partial charge on any atom is 0.328 e. The minimum Gasteiger partial charge on any atom is -0.478 e. The molecule has 6 nitrogen and oxygen atoms in total. The third-order valence-electron chi connectivity index (χ3n) is 2.29. The summed E-state index contributed by atoms with van der Waals surface area (Å²) in [6.07, 6.45) is 1.45. The first-order valence-corrected chi connectivity index (χ1v) is 6.39. The third-order valence-corrected chi connectivity index (χ3v) is 2.82. The van der Waals surface area contributed by atoms with E-state index in [9.17, 15) is 14.4 Å². The van der Waals surface area contributed by atoms with Crippen molar-refractivity contribution in [2.75, 3.05) is 7.05 Å². The molecule has 0 saturated heterocycles. The van der Waals surface area contributed by atoms with E-state index in [1.165, 1.54) is 11.9 Å². The lowest BCUT2D eigenvalue weighted by Crippen LogP contribution is -2.39. The van der Waals surface area contributed by atoms with Gasteiger partial charge in [-0.2, -0.15) is 0 Å². The first-order valence-electron chi connectivity index (χ1n) is 5.60. The van der Waals surface area contributed by atoms with Crippen molar-refractivity contribution in [3.63, 3.8) is 0 Å². The number of nitrogens with zero attached hydrogens (tertiary/aromatic N) is 1. The molecular weight excluding hydrogens is 328 g/mol. The molecule has 1 aromatic carbocycles. The minimum atomic E-state index is -1.25. The molecule has 7 heteroatoms. The van der Waals surface area contributed by atoms with Crippen LogP contribution in [-0.2, 0) is 16.1 Å². The van der Waals surface area contributed by atoms with E-state index in [1.807, 2.05) is 24.3 Å². The van der Waals surface area contributed by atoms with E-state index >= 15 is 0 Å². The molecule has 0 saturated carbocycles. The van der Waals surface area contributed by atoms with Crippen LogP contribution in [0.5, 0.6) is 0 Å². The van der Waals surface area contributed by atoms with E-state index in [1.54, 1.807) is 0 Å². The smallest absolute Gasteiger partial charge is 0.328 e. The van der Waals surface area contributed by atoms with Crippen LogP contribution in [0.25, 0.3) is 0 Å². The fourth-order valence-electron chi connectivity index (χ4n) is 1.32. The Hall–Kier alpha value is -2.15. The van der Waals surface area contributed by atoms with E-state index in [-0.39, 0.29) is 0 Å². The van der Waals surface area contributed by atoms with Crippen molar-refractivity contribution in [2.45, 2.75) is 6.54 Å². The molecule has 0 spiro atoms. The van der Waals surface area contributed by atoms with Gasteiger partial charge in [0.2, 0.25) is 0 Å². The Morgan fingerprint density at radius 1 is 1.25 bits per heavy atom. The molecule has 106 valence electrons. The lowest BCUT2D eigenvalue weighted by Gasteiger charge is -2.16. The molecule has 1 rings (SSSR count). The van der Waals surface area contributed by atoms with Crippen molar-refractivity contribution in [1.29, 1.82) is 0 Å². The topological polar surface area (TPSA) is 86.7 Å². The molecule has 0 radical (unpaired) electrons. The van der Waals surface area contributed by atoms with Gasteiger partial charge in [0.05, 0.1) is 0 Å². The second kappa shape index (κ2) is 7.44. The van der Waals surface area contributed by atoms with Gasteiger partial charge in [-0.05, 0) is 17.7 Å². The number of amides is 3. The average Bonchev–Trinajstić information content (AvgIpc) is 2.39. The van der Waals surface area contributed by atoms with Crippen LogP contribution in [0.2, 0.25) is 0 Å². The number of halogens is 1. The van der Waals surface area contributed by atoms with Crippen LogP contribution in [0.1, 0.15) is 5.56 Å². The molecular formula is C13H13BrN2O4. The summed E-state index contributed by atoms with van der Waals surface area (Å²) >= 11 is 3.31. The van der Waals surface area contributed by atoms with Crippen LogP contribution in [0.4, 0.5) is 4.79 Å². The van der Waals surface area contributed by atoms with Crippen molar-refractivity contribution >= 4 is 33.8 Å². The van der Waals surface area contributed by atoms with E-state index in [4.69, 9.17) is 5.11 Å². The van der Waals surface area contributed by atoms with Gasteiger partial charge in [0.1, 0.15) is 0 Å². The van der Waals surface area contributed by atoms with Crippen LogP contribution >= 0.6 is 15.9 Å². The Morgan fingerprint density at radius 3 is 2.40 bits per heavy atom. The monoisotopic (exact) mass is 340 g/mol. The quantitative estimate of drug-likeness (QED) is 0.817. The molecule has 0 bridgehead atoms. The van der Waals surface area contributed by atoms with Crippen molar-refractivity contribution in [1.82, 2.24) is 10.2 Å². The Bertz CT molecular complexity index is 540. The molecule has 1 aromatic rings. The Kier molecular flexibility index (Phi) is 5.92. The zero-order chi connectivity index (χ0) is 15.1.